The molecule has 1 aliphatic heterocycles. The maximum atomic E-state index is 4.62. The molecular weight excluding hydrogens is 274 g/mol. The Kier molecular flexibility index (Phi) is 4.63. The molecule has 1 atom stereocenters. The van der Waals surface area contributed by atoms with Crippen molar-refractivity contribution in [2.45, 2.75) is 39.2 Å². The van der Waals surface area contributed by atoms with Crippen LogP contribution in [0.3, 0.4) is 0 Å². The molecule has 0 saturated carbocycles. The van der Waals surface area contributed by atoms with Crippen LogP contribution in [0.1, 0.15) is 41.7 Å². The van der Waals surface area contributed by atoms with Gasteiger partial charge in [0.05, 0.1) is 17.9 Å². The van der Waals surface area contributed by atoms with Crippen LogP contribution in [-0.4, -0.2) is 28.0 Å². The number of piperidine rings is 1. The van der Waals surface area contributed by atoms with E-state index >= 15 is 0 Å². The monoisotopic (exact) mass is 297 g/mol. The maximum Gasteiger partial charge on any atom is 0.130 e. The quantitative estimate of drug-likeness (QED) is 0.908. The molecular formula is C17H23N5. The Morgan fingerprint density at radius 2 is 2.14 bits per heavy atom. The van der Waals surface area contributed by atoms with E-state index < -0.39 is 0 Å². The van der Waals surface area contributed by atoms with Gasteiger partial charge in [0.15, 0.2) is 0 Å². The molecule has 2 N–H and O–H groups in total. The summed E-state index contributed by atoms with van der Waals surface area (Å²) in [5, 5.41) is 6.82. The van der Waals surface area contributed by atoms with Gasteiger partial charge in [-0.05, 0) is 45.4 Å². The highest BCUT2D eigenvalue weighted by Crippen LogP contribution is 2.23. The van der Waals surface area contributed by atoms with Crippen molar-refractivity contribution in [1.82, 2.24) is 20.3 Å². The number of hydrogen-bond acceptors (Lipinski definition) is 5. The normalized spacial score (nSPS) is 18.2. The lowest BCUT2D eigenvalue weighted by molar-refractivity contribution is 0.453. The number of rotatable bonds is 4. The lowest BCUT2D eigenvalue weighted by atomic mass is 9.96. The minimum atomic E-state index is 0.494. The third-order valence-corrected chi connectivity index (χ3v) is 3.97. The first-order valence-corrected chi connectivity index (χ1v) is 7.93. The number of hydrogen-bond donors (Lipinski definition) is 2. The zero-order valence-corrected chi connectivity index (χ0v) is 13.3. The third kappa shape index (κ3) is 3.80. The molecule has 2 aromatic heterocycles. The summed E-state index contributed by atoms with van der Waals surface area (Å²) < 4.78 is 0. The number of anilines is 1. The average molecular weight is 297 g/mol. The van der Waals surface area contributed by atoms with Crippen molar-refractivity contribution >= 4 is 5.82 Å². The molecule has 0 bridgehead atoms. The van der Waals surface area contributed by atoms with Gasteiger partial charge in [0.2, 0.25) is 0 Å². The molecule has 22 heavy (non-hydrogen) atoms. The van der Waals surface area contributed by atoms with Crippen molar-refractivity contribution in [2.75, 3.05) is 18.4 Å². The van der Waals surface area contributed by atoms with E-state index in [0.717, 1.165) is 41.8 Å². The van der Waals surface area contributed by atoms with Crippen LogP contribution in [0.25, 0.3) is 0 Å². The van der Waals surface area contributed by atoms with Crippen LogP contribution in [0.2, 0.25) is 0 Å². The Morgan fingerprint density at radius 1 is 1.23 bits per heavy atom. The number of nitrogens with zero attached hydrogens (tertiary/aromatic N) is 3. The first kappa shape index (κ1) is 14.9. The van der Waals surface area contributed by atoms with Crippen LogP contribution in [0.5, 0.6) is 0 Å². The van der Waals surface area contributed by atoms with Gasteiger partial charge in [-0.3, -0.25) is 4.98 Å². The number of pyridine rings is 1. The molecule has 2 aromatic rings. The molecule has 5 nitrogen and oxygen atoms in total. The summed E-state index contributed by atoms with van der Waals surface area (Å²) in [4.78, 5) is 13.6. The zero-order chi connectivity index (χ0) is 15.4. The SMILES string of the molecule is Cc1cccc(CNc2cc(C3CCCNC3)nc(C)n2)n1. The van der Waals surface area contributed by atoms with Gasteiger partial charge in [-0.1, -0.05) is 6.07 Å². The number of nitrogens with one attached hydrogen (secondary N) is 2. The molecule has 1 unspecified atom stereocenters. The second-order valence-corrected chi connectivity index (χ2v) is 5.89. The number of aryl methyl sites for hydroxylation is 2. The van der Waals surface area contributed by atoms with Crippen LogP contribution >= 0.6 is 0 Å². The lowest BCUT2D eigenvalue weighted by Gasteiger charge is -2.22. The first-order chi connectivity index (χ1) is 10.7. The van der Waals surface area contributed by atoms with E-state index in [1.54, 1.807) is 0 Å². The fraction of sp³-hybridized carbons (Fsp3) is 0.471. The van der Waals surface area contributed by atoms with Crippen molar-refractivity contribution < 1.29 is 0 Å². The van der Waals surface area contributed by atoms with Crippen LogP contribution in [-0.2, 0) is 6.54 Å². The average Bonchev–Trinajstić information content (AvgIpc) is 2.53. The van der Waals surface area contributed by atoms with Crippen LogP contribution in [0, 0.1) is 13.8 Å². The van der Waals surface area contributed by atoms with Gasteiger partial charge in [-0.25, -0.2) is 9.97 Å². The summed E-state index contributed by atoms with van der Waals surface area (Å²) in [6.07, 6.45) is 2.41. The van der Waals surface area contributed by atoms with E-state index in [9.17, 15) is 0 Å². The Balaban J connectivity index is 1.71. The Hall–Kier alpha value is -2.01. The van der Waals surface area contributed by atoms with Crippen molar-refractivity contribution in [2.24, 2.45) is 0 Å². The highest BCUT2D eigenvalue weighted by Gasteiger charge is 2.17. The second-order valence-electron chi connectivity index (χ2n) is 5.89. The highest BCUT2D eigenvalue weighted by atomic mass is 15.0. The Labute approximate surface area is 131 Å². The van der Waals surface area contributed by atoms with Gasteiger partial charge < -0.3 is 10.6 Å². The fourth-order valence-electron chi connectivity index (χ4n) is 2.87. The summed E-state index contributed by atoms with van der Waals surface area (Å²) in [7, 11) is 0. The second kappa shape index (κ2) is 6.83. The summed E-state index contributed by atoms with van der Waals surface area (Å²) in [5.74, 6) is 2.20. The zero-order valence-electron chi connectivity index (χ0n) is 13.3. The largest absolute Gasteiger partial charge is 0.364 e. The van der Waals surface area contributed by atoms with E-state index in [-0.39, 0.29) is 0 Å². The molecule has 1 fully saturated rings. The van der Waals surface area contributed by atoms with E-state index in [2.05, 4.69) is 31.7 Å². The Bertz CT molecular complexity index is 635. The van der Waals surface area contributed by atoms with E-state index in [1.165, 1.54) is 12.8 Å². The van der Waals surface area contributed by atoms with Gasteiger partial charge in [-0.2, -0.15) is 0 Å². The molecule has 0 aliphatic carbocycles. The van der Waals surface area contributed by atoms with Gasteiger partial charge in [-0.15, -0.1) is 0 Å². The van der Waals surface area contributed by atoms with Gasteiger partial charge >= 0.3 is 0 Å². The van der Waals surface area contributed by atoms with E-state index in [0.29, 0.717) is 12.5 Å². The van der Waals surface area contributed by atoms with Crippen molar-refractivity contribution in [1.29, 1.82) is 0 Å². The maximum absolute atomic E-state index is 4.62. The molecule has 3 rings (SSSR count). The minimum absolute atomic E-state index is 0.494. The predicted octanol–water partition coefficient (Wildman–Crippen LogP) is 2.57. The predicted molar refractivity (Wildman–Crippen MR) is 87.9 cm³/mol. The molecule has 0 amide bonds. The van der Waals surface area contributed by atoms with E-state index in [4.69, 9.17) is 0 Å². The van der Waals surface area contributed by atoms with Crippen LogP contribution < -0.4 is 10.6 Å². The Morgan fingerprint density at radius 3 is 2.91 bits per heavy atom. The lowest BCUT2D eigenvalue weighted by Crippen LogP contribution is -2.29. The van der Waals surface area contributed by atoms with Crippen molar-refractivity contribution in [3.63, 3.8) is 0 Å². The summed E-state index contributed by atoms with van der Waals surface area (Å²) in [6, 6.07) is 8.15. The molecule has 1 saturated heterocycles. The summed E-state index contributed by atoms with van der Waals surface area (Å²) in [5.41, 5.74) is 3.20. The smallest absolute Gasteiger partial charge is 0.130 e. The number of aromatic nitrogens is 3. The van der Waals surface area contributed by atoms with Crippen molar-refractivity contribution in [3.8, 4) is 0 Å². The first-order valence-electron chi connectivity index (χ1n) is 7.93. The van der Waals surface area contributed by atoms with Gasteiger partial charge in [0.1, 0.15) is 11.6 Å². The minimum Gasteiger partial charge on any atom is -0.364 e. The third-order valence-electron chi connectivity index (χ3n) is 3.97. The van der Waals surface area contributed by atoms with Gasteiger partial charge in [0.25, 0.3) is 0 Å². The molecule has 116 valence electrons. The molecule has 5 heteroatoms. The fourth-order valence-corrected chi connectivity index (χ4v) is 2.87. The molecule has 3 heterocycles. The van der Waals surface area contributed by atoms with Crippen LogP contribution in [0.4, 0.5) is 5.82 Å². The van der Waals surface area contributed by atoms with E-state index in [1.807, 2.05) is 32.0 Å². The highest BCUT2D eigenvalue weighted by molar-refractivity contribution is 5.38. The molecule has 1 aliphatic rings. The topological polar surface area (TPSA) is 62.7 Å². The molecule has 0 aromatic carbocycles. The summed E-state index contributed by atoms with van der Waals surface area (Å²) >= 11 is 0. The standard InChI is InChI=1S/C17H23N5/c1-12-5-3-7-15(20-12)11-19-17-9-16(21-13(2)22-17)14-6-4-8-18-10-14/h3,5,7,9,14,18H,4,6,8,10-11H2,1-2H3,(H,19,21,22). The van der Waals surface area contributed by atoms with Gasteiger partial charge in [0, 0.05) is 24.2 Å². The van der Waals surface area contributed by atoms with Crippen LogP contribution in [0.15, 0.2) is 24.3 Å². The van der Waals surface area contributed by atoms with Crippen molar-refractivity contribution in [3.05, 3.63) is 47.2 Å². The molecule has 0 spiro atoms. The molecule has 0 radical (unpaired) electrons. The summed E-state index contributed by atoms with van der Waals surface area (Å²) in [6.45, 7) is 6.77.